The number of halogens is 1. The van der Waals surface area contributed by atoms with Crippen LogP contribution in [0.1, 0.15) is 32.6 Å². The summed E-state index contributed by atoms with van der Waals surface area (Å²) in [5, 5.41) is -1.16. The van der Waals surface area contributed by atoms with Gasteiger partial charge in [-0.1, -0.05) is 37.8 Å². The Balaban J connectivity index is 2.23. The number of alkyl halides is 1. The van der Waals surface area contributed by atoms with Gasteiger partial charge in [-0.3, -0.25) is 0 Å². The zero-order valence-electron chi connectivity index (χ0n) is 8.01. The number of rotatable bonds is 5. The van der Waals surface area contributed by atoms with E-state index in [-0.39, 0.29) is 6.10 Å². The zero-order chi connectivity index (χ0) is 9.90. The molecule has 1 aliphatic heterocycles. The molecular formula is C9H15ClO3. The molecule has 0 spiro atoms. The summed E-state index contributed by atoms with van der Waals surface area (Å²) >= 11 is 5.84. The highest BCUT2D eigenvalue weighted by molar-refractivity contribution is 6.35. The Labute approximate surface area is 83.3 Å². The van der Waals surface area contributed by atoms with Crippen LogP contribution in [0.3, 0.4) is 0 Å². The van der Waals surface area contributed by atoms with Gasteiger partial charge in [0.05, 0.1) is 7.11 Å². The van der Waals surface area contributed by atoms with Crippen LogP contribution >= 0.6 is 11.6 Å². The van der Waals surface area contributed by atoms with Gasteiger partial charge in [-0.05, 0) is 6.42 Å². The maximum atomic E-state index is 11.1. The molecule has 76 valence electrons. The molecule has 1 fully saturated rings. The number of ether oxygens (including phenoxy) is 2. The quantitative estimate of drug-likeness (QED) is 0.299. The first-order valence-corrected chi connectivity index (χ1v) is 4.98. The van der Waals surface area contributed by atoms with Gasteiger partial charge < -0.3 is 9.47 Å². The standard InChI is InChI=1S/C9H15ClO3/c1-3-4-5-6-7-9(10,13-7)8(11)12-2/h7H,3-6H2,1-2H3/t7-,9-/m1/s1. The van der Waals surface area contributed by atoms with Crippen molar-refractivity contribution in [3.05, 3.63) is 0 Å². The lowest BCUT2D eigenvalue weighted by Gasteiger charge is -2.00. The van der Waals surface area contributed by atoms with Crippen molar-refractivity contribution in [2.24, 2.45) is 0 Å². The van der Waals surface area contributed by atoms with Crippen LogP contribution in [0.5, 0.6) is 0 Å². The van der Waals surface area contributed by atoms with Crippen LogP contribution in [-0.2, 0) is 14.3 Å². The first-order valence-electron chi connectivity index (χ1n) is 4.60. The first-order chi connectivity index (χ1) is 6.15. The molecule has 2 atom stereocenters. The van der Waals surface area contributed by atoms with Gasteiger partial charge in [0.1, 0.15) is 6.10 Å². The molecule has 0 aliphatic carbocycles. The Hall–Kier alpha value is -0.280. The van der Waals surface area contributed by atoms with E-state index in [4.69, 9.17) is 16.3 Å². The number of hydrogen-bond acceptors (Lipinski definition) is 3. The molecule has 0 bridgehead atoms. The van der Waals surface area contributed by atoms with E-state index in [1.165, 1.54) is 7.11 Å². The average Bonchev–Trinajstić information content (AvgIpc) is 2.78. The molecule has 3 nitrogen and oxygen atoms in total. The lowest BCUT2D eigenvalue weighted by atomic mass is 10.1. The minimum atomic E-state index is -1.16. The molecule has 0 aromatic heterocycles. The predicted octanol–water partition coefficient (Wildman–Crippen LogP) is 2.07. The van der Waals surface area contributed by atoms with E-state index in [1.54, 1.807) is 0 Å². The van der Waals surface area contributed by atoms with Gasteiger partial charge in [-0.15, -0.1) is 0 Å². The number of epoxide rings is 1. The molecule has 1 rings (SSSR count). The third kappa shape index (κ3) is 2.35. The van der Waals surface area contributed by atoms with Crippen molar-refractivity contribution in [2.45, 2.75) is 43.8 Å². The van der Waals surface area contributed by atoms with Gasteiger partial charge >= 0.3 is 5.97 Å². The molecule has 0 unspecified atom stereocenters. The lowest BCUT2D eigenvalue weighted by molar-refractivity contribution is -0.143. The van der Waals surface area contributed by atoms with E-state index in [0.29, 0.717) is 0 Å². The van der Waals surface area contributed by atoms with Crippen molar-refractivity contribution in [3.8, 4) is 0 Å². The van der Waals surface area contributed by atoms with Crippen molar-refractivity contribution in [2.75, 3.05) is 7.11 Å². The third-order valence-electron chi connectivity index (χ3n) is 2.20. The van der Waals surface area contributed by atoms with E-state index in [0.717, 1.165) is 25.7 Å². The van der Waals surface area contributed by atoms with E-state index in [2.05, 4.69) is 11.7 Å². The fraction of sp³-hybridized carbons (Fsp3) is 0.889. The second-order valence-corrected chi connectivity index (χ2v) is 3.80. The maximum Gasteiger partial charge on any atom is 0.356 e. The van der Waals surface area contributed by atoms with Crippen LogP contribution in [0.25, 0.3) is 0 Å². The van der Waals surface area contributed by atoms with Crippen molar-refractivity contribution >= 4 is 17.6 Å². The number of methoxy groups -OCH3 is 1. The second kappa shape index (κ2) is 4.29. The normalized spacial score (nSPS) is 31.5. The third-order valence-corrected chi connectivity index (χ3v) is 2.69. The Morgan fingerprint density at radius 3 is 2.85 bits per heavy atom. The van der Waals surface area contributed by atoms with Crippen molar-refractivity contribution < 1.29 is 14.3 Å². The van der Waals surface area contributed by atoms with E-state index in [9.17, 15) is 4.79 Å². The minimum Gasteiger partial charge on any atom is -0.466 e. The SMILES string of the molecule is CCCCC[C@H]1O[C@@]1(Cl)C(=O)OC. The molecule has 1 aliphatic rings. The van der Waals surface area contributed by atoms with Crippen LogP contribution in [0.2, 0.25) is 0 Å². The van der Waals surface area contributed by atoms with Crippen molar-refractivity contribution in [3.63, 3.8) is 0 Å². The van der Waals surface area contributed by atoms with E-state index in [1.807, 2.05) is 0 Å². The fourth-order valence-corrected chi connectivity index (χ4v) is 1.61. The molecule has 0 N–H and O–H groups in total. The van der Waals surface area contributed by atoms with Gasteiger partial charge in [0.15, 0.2) is 0 Å². The zero-order valence-corrected chi connectivity index (χ0v) is 8.76. The molecule has 0 amide bonds. The smallest absolute Gasteiger partial charge is 0.356 e. The molecule has 1 saturated heterocycles. The maximum absolute atomic E-state index is 11.1. The molecule has 0 aromatic rings. The molecular weight excluding hydrogens is 192 g/mol. The second-order valence-electron chi connectivity index (χ2n) is 3.24. The lowest BCUT2D eigenvalue weighted by Crippen LogP contribution is -2.22. The van der Waals surface area contributed by atoms with Crippen molar-refractivity contribution in [1.82, 2.24) is 0 Å². The summed E-state index contributed by atoms with van der Waals surface area (Å²) in [6, 6.07) is 0. The summed E-state index contributed by atoms with van der Waals surface area (Å²) in [7, 11) is 1.32. The summed E-state index contributed by atoms with van der Waals surface area (Å²) in [6.07, 6.45) is 4.04. The molecule has 4 heteroatoms. The van der Waals surface area contributed by atoms with Crippen LogP contribution in [0.15, 0.2) is 0 Å². The fourth-order valence-electron chi connectivity index (χ4n) is 1.32. The topological polar surface area (TPSA) is 38.8 Å². The van der Waals surface area contributed by atoms with Gasteiger partial charge in [0.25, 0.3) is 5.06 Å². The van der Waals surface area contributed by atoms with Crippen LogP contribution in [0, 0.1) is 0 Å². The molecule has 0 aromatic carbocycles. The first kappa shape index (κ1) is 10.8. The van der Waals surface area contributed by atoms with E-state index >= 15 is 0 Å². The summed E-state index contributed by atoms with van der Waals surface area (Å²) in [6.45, 7) is 2.13. The number of carbonyl (C=O) groups is 1. The largest absolute Gasteiger partial charge is 0.466 e. The van der Waals surface area contributed by atoms with Gasteiger partial charge in [0, 0.05) is 0 Å². The Morgan fingerprint density at radius 2 is 2.31 bits per heavy atom. The predicted molar refractivity (Wildman–Crippen MR) is 49.6 cm³/mol. The summed E-state index contributed by atoms with van der Waals surface area (Å²) in [5.74, 6) is -0.476. The highest BCUT2D eigenvalue weighted by Crippen LogP contribution is 2.44. The Morgan fingerprint density at radius 1 is 1.62 bits per heavy atom. The average molecular weight is 207 g/mol. The summed E-state index contributed by atoms with van der Waals surface area (Å²) in [4.78, 5) is 11.1. The minimum absolute atomic E-state index is 0.145. The molecule has 1 heterocycles. The molecule has 13 heavy (non-hydrogen) atoms. The monoisotopic (exact) mass is 206 g/mol. The van der Waals surface area contributed by atoms with Gasteiger partial charge in [-0.25, -0.2) is 4.79 Å². The number of esters is 1. The highest BCUT2D eigenvalue weighted by atomic mass is 35.5. The number of carbonyl (C=O) groups excluding carboxylic acids is 1. The highest BCUT2D eigenvalue weighted by Gasteiger charge is 2.62. The Kier molecular flexibility index (Phi) is 3.56. The van der Waals surface area contributed by atoms with Gasteiger partial charge in [0.2, 0.25) is 0 Å². The van der Waals surface area contributed by atoms with Gasteiger partial charge in [-0.2, -0.15) is 0 Å². The number of unbranched alkanes of at least 4 members (excludes halogenated alkanes) is 2. The van der Waals surface area contributed by atoms with E-state index < -0.39 is 11.0 Å². The molecule has 0 saturated carbocycles. The molecule has 0 radical (unpaired) electrons. The van der Waals surface area contributed by atoms with Crippen LogP contribution < -0.4 is 0 Å². The summed E-state index contributed by atoms with van der Waals surface area (Å²) in [5.41, 5.74) is 0. The van der Waals surface area contributed by atoms with Crippen LogP contribution in [-0.4, -0.2) is 24.2 Å². The van der Waals surface area contributed by atoms with Crippen molar-refractivity contribution in [1.29, 1.82) is 0 Å². The summed E-state index contributed by atoms with van der Waals surface area (Å²) < 4.78 is 9.61. The Bertz CT molecular complexity index is 195. The van der Waals surface area contributed by atoms with Crippen LogP contribution in [0.4, 0.5) is 0 Å². The number of hydrogen-bond donors (Lipinski definition) is 0.